The zero-order valence-electron chi connectivity index (χ0n) is 11.7. The molecule has 0 aliphatic rings. The lowest BCUT2D eigenvalue weighted by Crippen LogP contribution is -2.10. The molecule has 1 N–H and O–H groups in total. The summed E-state index contributed by atoms with van der Waals surface area (Å²) >= 11 is 1.16. The summed E-state index contributed by atoms with van der Waals surface area (Å²) in [5, 5.41) is 15.9. The van der Waals surface area contributed by atoms with Crippen molar-refractivity contribution in [1.82, 2.24) is 0 Å². The van der Waals surface area contributed by atoms with Gasteiger partial charge in [-0.3, -0.25) is 10.1 Å². The van der Waals surface area contributed by atoms with E-state index < -0.39 is 0 Å². The Morgan fingerprint density at radius 3 is 2.70 bits per heavy atom. The molecule has 1 heterocycles. The highest BCUT2D eigenvalue weighted by atomic mass is 32.1. The Morgan fingerprint density at radius 1 is 1.35 bits per heavy atom. The Morgan fingerprint density at radius 2 is 2.10 bits per heavy atom. The second-order valence-electron chi connectivity index (χ2n) is 4.80. The fourth-order valence-electron chi connectivity index (χ4n) is 1.96. The van der Waals surface area contributed by atoms with Crippen LogP contribution in [0.15, 0.2) is 29.6 Å². The molecule has 0 saturated heterocycles. The standard InChI is InChI=1S/C14H17N3O2S/c1-10-4-5-12(7-13(10)16(2)3)15-8-11-6-14(17(18)19)20-9-11/h4-7,9,15H,8H2,1-3H3. The first-order valence-electron chi connectivity index (χ1n) is 6.21. The van der Waals surface area contributed by atoms with Gasteiger partial charge in [0, 0.05) is 43.5 Å². The minimum atomic E-state index is -0.357. The van der Waals surface area contributed by atoms with E-state index in [0.717, 1.165) is 28.3 Å². The monoisotopic (exact) mass is 291 g/mol. The van der Waals surface area contributed by atoms with Crippen LogP contribution in [0.4, 0.5) is 16.4 Å². The van der Waals surface area contributed by atoms with Crippen molar-refractivity contribution in [1.29, 1.82) is 0 Å². The lowest BCUT2D eigenvalue weighted by atomic mass is 10.1. The van der Waals surface area contributed by atoms with Gasteiger partial charge in [-0.15, -0.1) is 0 Å². The molecule has 0 spiro atoms. The van der Waals surface area contributed by atoms with Crippen LogP contribution in [-0.4, -0.2) is 19.0 Å². The fraction of sp³-hybridized carbons (Fsp3) is 0.286. The van der Waals surface area contributed by atoms with Crippen LogP contribution in [0, 0.1) is 17.0 Å². The van der Waals surface area contributed by atoms with Crippen LogP contribution in [0.1, 0.15) is 11.1 Å². The Labute approximate surface area is 122 Å². The lowest BCUT2D eigenvalue weighted by molar-refractivity contribution is -0.380. The Bertz CT molecular complexity index is 623. The average molecular weight is 291 g/mol. The number of thiophene rings is 1. The van der Waals surface area contributed by atoms with Crippen molar-refractivity contribution < 1.29 is 4.92 Å². The van der Waals surface area contributed by atoms with Gasteiger partial charge in [0.25, 0.3) is 0 Å². The molecule has 6 heteroatoms. The third-order valence-corrected chi connectivity index (χ3v) is 3.94. The van der Waals surface area contributed by atoms with Gasteiger partial charge in [0.2, 0.25) is 0 Å². The molecular formula is C14H17N3O2S. The fourth-order valence-corrected chi connectivity index (χ4v) is 2.69. The lowest BCUT2D eigenvalue weighted by Gasteiger charge is -2.17. The summed E-state index contributed by atoms with van der Waals surface area (Å²) in [5.74, 6) is 0. The van der Waals surface area contributed by atoms with E-state index in [-0.39, 0.29) is 9.92 Å². The Balaban J connectivity index is 2.06. The first kappa shape index (κ1) is 14.3. The highest BCUT2D eigenvalue weighted by molar-refractivity contribution is 7.13. The van der Waals surface area contributed by atoms with E-state index in [4.69, 9.17) is 0 Å². The van der Waals surface area contributed by atoms with Crippen molar-refractivity contribution >= 4 is 27.7 Å². The highest BCUT2D eigenvalue weighted by Gasteiger charge is 2.09. The Kier molecular flexibility index (Phi) is 4.24. The Hall–Kier alpha value is -2.08. The van der Waals surface area contributed by atoms with Gasteiger partial charge < -0.3 is 10.2 Å². The second kappa shape index (κ2) is 5.92. The first-order chi connectivity index (χ1) is 9.47. The largest absolute Gasteiger partial charge is 0.381 e. The molecule has 5 nitrogen and oxygen atoms in total. The van der Waals surface area contributed by atoms with Gasteiger partial charge in [-0.25, -0.2) is 0 Å². The van der Waals surface area contributed by atoms with Crippen molar-refractivity contribution in [2.24, 2.45) is 0 Å². The zero-order chi connectivity index (χ0) is 14.7. The van der Waals surface area contributed by atoms with E-state index in [1.807, 2.05) is 25.5 Å². The molecule has 1 aromatic carbocycles. The molecule has 0 atom stereocenters. The van der Waals surface area contributed by atoms with Crippen molar-refractivity contribution in [3.8, 4) is 0 Å². The molecule has 1 aromatic heterocycles. The third kappa shape index (κ3) is 3.27. The SMILES string of the molecule is Cc1ccc(NCc2csc([N+](=O)[O-])c2)cc1N(C)C. The van der Waals surface area contributed by atoms with Gasteiger partial charge in [0.1, 0.15) is 0 Å². The molecule has 2 rings (SSSR count). The number of hydrogen-bond donors (Lipinski definition) is 1. The number of anilines is 2. The summed E-state index contributed by atoms with van der Waals surface area (Å²) in [6, 6.07) is 7.77. The predicted octanol–water partition coefficient (Wildman–Crippen LogP) is 3.64. The number of hydrogen-bond acceptors (Lipinski definition) is 5. The summed E-state index contributed by atoms with van der Waals surface area (Å²) in [4.78, 5) is 12.3. The maximum atomic E-state index is 10.6. The van der Waals surface area contributed by atoms with Gasteiger partial charge in [-0.1, -0.05) is 17.4 Å². The molecule has 20 heavy (non-hydrogen) atoms. The number of benzene rings is 1. The molecule has 0 radical (unpaired) electrons. The van der Waals surface area contributed by atoms with Crippen LogP contribution in [0.5, 0.6) is 0 Å². The summed E-state index contributed by atoms with van der Waals surface area (Å²) in [6.45, 7) is 2.65. The third-order valence-electron chi connectivity index (χ3n) is 3.01. The van der Waals surface area contributed by atoms with E-state index >= 15 is 0 Å². The molecule has 0 aliphatic carbocycles. The van der Waals surface area contributed by atoms with E-state index in [1.165, 1.54) is 5.56 Å². The summed E-state index contributed by atoms with van der Waals surface area (Å²) in [7, 11) is 4.02. The minimum Gasteiger partial charge on any atom is -0.381 e. The average Bonchev–Trinajstić information content (AvgIpc) is 2.86. The van der Waals surface area contributed by atoms with Crippen LogP contribution in [-0.2, 0) is 6.54 Å². The van der Waals surface area contributed by atoms with Gasteiger partial charge in [0.05, 0.1) is 4.92 Å². The van der Waals surface area contributed by atoms with E-state index in [1.54, 1.807) is 6.07 Å². The second-order valence-corrected chi connectivity index (χ2v) is 5.69. The van der Waals surface area contributed by atoms with Crippen LogP contribution < -0.4 is 10.2 Å². The van der Waals surface area contributed by atoms with Crippen LogP contribution in [0.25, 0.3) is 0 Å². The van der Waals surface area contributed by atoms with Gasteiger partial charge in [-0.05, 0) is 30.2 Å². The van der Waals surface area contributed by atoms with Crippen molar-refractivity contribution in [2.45, 2.75) is 13.5 Å². The summed E-state index contributed by atoms with van der Waals surface area (Å²) in [6.07, 6.45) is 0. The molecule has 0 bridgehead atoms. The smallest absolute Gasteiger partial charge is 0.324 e. The normalized spacial score (nSPS) is 10.3. The van der Waals surface area contributed by atoms with Crippen LogP contribution in [0.2, 0.25) is 0 Å². The molecular weight excluding hydrogens is 274 g/mol. The number of aryl methyl sites for hydroxylation is 1. The predicted molar refractivity (Wildman–Crippen MR) is 83.8 cm³/mol. The molecule has 0 aliphatic heterocycles. The molecule has 0 amide bonds. The first-order valence-corrected chi connectivity index (χ1v) is 7.09. The molecule has 0 fully saturated rings. The van der Waals surface area contributed by atoms with Crippen molar-refractivity contribution in [3.63, 3.8) is 0 Å². The minimum absolute atomic E-state index is 0.180. The van der Waals surface area contributed by atoms with Crippen molar-refractivity contribution in [3.05, 3.63) is 50.9 Å². The van der Waals surface area contributed by atoms with Gasteiger partial charge >= 0.3 is 5.00 Å². The van der Waals surface area contributed by atoms with E-state index in [0.29, 0.717) is 6.54 Å². The van der Waals surface area contributed by atoms with Crippen molar-refractivity contribution in [2.75, 3.05) is 24.3 Å². The zero-order valence-corrected chi connectivity index (χ0v) is 12.5. The molecule has 106 valence electrons. The quantitative estimate of drug-likeness (QED) is 0.675. The maximum Gasteiger partial charge on any atom is 0.324 e. The van der Waals surface area contributed by atoms with Gasteiger partial charge in [0.15, 0.2) is 0 Å². The van der Waals surface area contributed by atoms with Gasteiger partial charge in [-0.2, -0.15) is 0 Å². The molecule has 2 aromatic rings. The van der Waals surface area contributed by atoms with E-state index in [9.17, 15) is 10.1 Å². The highest BCUT2D eigenvalue weighted by Crippen LogP contribution is 2.25. The van der Waals surface area contributed by atoms with Crippen LogP contribution in [0.3, 0.4) is 0 Å². The van der Waals surface area contributed by atoms with Crippen LogP contribution >= 0.6 is 11.3 Å². The number of nitrogens with zero attached hydrogens (tertiary/aromatic N) is 2. The van der Waals surface area contributed by atoms with E-state index in [2.05, 4.69) is 29.3 Å². The number of rotatable bonds is 5. The summed E-state index contributed by atoms with van der Waals surface area (Å²) < 4.78 is 0. The number of nitrogens with one attached hydrogen (secondary N) is 1. The molecule has 0 unspecified atom stereocenters. The maximum absolute atomic E-state index is 10.6. The molecule has 0 saturated carbocycles. The topological polar surface area (TPSA) is 58.4 Å². The number of nitro groups is 1. The summed E-state index contributed by atoms with van der Waals surface area (Å²) in [5.41, 5.74) is 4.31.